The van der Waals surface area contributed by atoms with Crippen LogP contribution in [0.25, 0.3) is 0 Å². The minimum atomic E-state index is -0.482. The molecule has 0 saturated carbocycles. The molecule has 0 aromatic heterocycles. The molecule has 100 valence electrons. The Kier molecular flexibility index (Phi) is 5.89. The summed E-state index contributed by atoms with van der Waals surface area (Å²) in [7, 11) is 0. The molecule has 1 aromatic carbocycles. The lowest BCUT2D eigenvalue weighted by Crippen LogP contribution is -2.38. The number of benzene rings is 1. The molecule has 6 nitrogen and oxygen atoms in total. The van der Waals surface area contributed by atoms with Gasteiger partial charge in [-0.05, 0) is 24.6 Å². The van der Waals surface area contributed by atoms with E-state index >= 15 is 0 Å². The molecule has 0 heterocycles. The number of amides is 2. The second-order valence-corrected chi connectivity index (χ2v) is 3.65. The fourth-order valence-corrected chi connectivity index (χ4v) is 1.36. The Balaban J connectivity index is 2.34. The quantitative estimate of drug-likeness (QED) is 0.771. The van der Waals surface area contributed by atoms with E-state index in [1.54, 1.807) is 31.2 Å². The van der Waals surface area contributed by atoms with Gasteiger partial charge in [0.2, 0.25) is 0 Å². The predicted octanol–water partition coefficient (Wildman–Crippen LogP) is 0.921. The molecule has 1 aromatic rings. The Labute approximate surface area is 111 Å². The number of nitrogens with one attached hydrogen (secondary N) is 2. The first kappa shape index (κ1) is 14.5. The molecular weight excluding hydrogens is 246 g/mol. The number of carbonyl (C=O) groups excluding carboxylic acids is 2. The van der Waals surface area contributed by atoms with Gasteiger partial charge >= 0.3 is 12.0 Å². The highest BCUT2D eigenvalue weighted by molar-refractivity contribution is 5.80. The lowest BCUT2D eigenvalue weighted by molar-refractivity contribution is -0.141. The summed E-state index contributed by atoms with van der Waals surface area (Å²) in [6, 6.07) is 8.47. The molecule has 0 unspecified atom stereocenters. The van der Waals surface area contributed by atoms with Crippen LogP contribution in [0.5, 0.6) is 0 Å². The van der Waals surface area contributed by atoms with Crippen LogP contribution in [0.1, 0.15) is 18.1 Å². The van der Waals surface area contributed by atoms with Crippen LogP contribution < -0.4 is 10.6 Å². The maximum atomic E-state index is 11.4. The van der Waals surface area contributed by atoms with Gasteiger partial charge in [0.15, 0.2) is 0 Å². The van der Waals surface area contributed by atoms with E-state index in [0.29, 0.717) is 5.56 Å². The normalized spacial score (nSPS) is 9.26. The first-order valence-corrected chi connectivity index (χ1v) is 5.82. The Hall–Kier alpha value is -2.55. The zero-order chi connectivity index (χ0) is 14.1. The highest BCUT2D eigenvalue weighted by atomic mass is 16.5. The number of rotatable bonds is 5. The molecule has 2 N–H and O–H groups in total. The number of ether oxygens (including phenoxy) is 1. The number of hydrogen-bond donors (Lipinski definition) is 2. The molecule has 0 spiro atoms. The first-order chi connectivity index (χ1) is 9.15. The van der Waals surface area contributed by atoms with Gasteiger partial charge in [0, 0.05) is 6.54 Å². The van der Waals surface area contributed by atoms with E-state index in [0.717, 1.165) is 5.56 Å². The summed E-state index contributed by atoms with van der Waals surface area (Å²) >= 11 is 0. The van der Waals surface area contributed by atoms with Crippen molar-refractivity contribution < 1.29 is 14.3 Å². The third-order valence-corrected chi connectivity index (χ3v) is 2.21. The van der Waals surface area contributed by atoms with Crippen LogP contribution in [0.15, 0.2) is 24.3 Å². The Bertz CT molecular complexity index is 494. The standard InChI is InChI=1S/C13H15N3O3/c1-2-19-12(17)9-16-13(18)15-8-11-5-3-4-10(6-11)7-14/h3-6H,2,8-9H2,1H3,(H2,15,16,18). The summed E-state index contributed by atoms with van der Waals surface area (Å²) in [6.07, 6.45) is 0. The molecule has 0 aliphatic carbocycles. The molecule has 0 radical (unpaired) electrons. The van der Waals surface area contributed by atoms with Crippen molar-refractivity contribution in [3.05, 3.63) is 35.4 Å². The third-order valence-electron chi connectivity index (χ3n) is 2.21. The van der Waals surface area contributed by atoms with Gasteiger partial charge in [-0.1, -0.05) is 12.1 Å². The topological polar surface area (TPSA) is 91.2 Å². The summed E-state index contributed by atoms with van der Waals surface area (Å²) in [6.45, 7) is 2.09. The Morgan fingerprint density at radius 3 is 2.84 bits per heavy atom. The highest BCUT2D eigenvalue weighted by Crippen LogP contribution is 2.03. The smallest absolute Gasteiger partial charge is 0.325 e. The molecule has 0 atom stereocenters. The fraction of sp³-hybridized carbons (Fsp3) is 0.308. The lowest BCUT2D eigenvalue weighted by atomic mass is 10.1. The zero-order valence-electron chi connectivity index (χ0n) is 10.6. The Morgan fingerprint density at radius 1 is 1.37 bits per heavy atom. The van der Waals surface area contributed by atoms with E-state index in [-0.39, 0.29) is 19.7 Å². The van der Waals surface area contributed by atoms with Crippen molar-refractivity contribution in [3.8, 4) is 6.07 Å². The second kappa shape index (κ2) is 7.71. The molecule has 0 fully saturated rings. The average Bonchev–Trinajstić information content (AvgIpc) is 2.43. The van der Waals surface area contributed by atoms with Crippen molar-refractivity contribution in [2.75, 3.05) is 13.2 Å². The average molecular weight is 261 g/mol. The summed E-state index contributed by atoms with van der Waals surface area (Å²) < 4.78 is 4.67. The maximum absolute atomic E-state index is 11.4. The van der Waals surface area contributed by atoms with E-state index in [4.69, 9.17) is 5.26 Å². The molecule has 0 saturated heterocycles. The summed E-state index contributed by atoms with van der Waals surface area (Å²) in [5, 5.41) is 13.7. The zero-order valence-corrected chi connectivity index (χ0v) is 10.6. The van der Waals surface area contributed by atoms with E-state index in [2.05, 4.69) is 15.4 Å². The van der Waals surface area contributed by atoms with Gasteiger partial charge in [-0.3, -0.25) is 4.79 Å². The van der Waals surface area contributed by atoms with Crippen LogP contribution in [-0.4, -0.2) is 25.2 Å². The van der Waals surface area contributed by atoms with Gasteiger partial charge < -0.3 is 15.4 Å². The SMILES string of the molecule is CCOC(=O)CNC(=O)NCc1cccc(C#N)c1. The number of nitriles is 1. The van der Waals surface area contributed by atoms with E-state index < -0.39 is 12.0 Å². The van der Waals surface area contributed by atoms with Crippen LogP contribution in [-0.2, 0) is 16.1 Å². The van der Waals surface area contributed by atoms with Crippen LogP contribution in [0.3, 0.4) is 0 Å². The fourth-order valence-electron chi connectivity index (χ4n) is 1.36. The molecular formula is C13H15N3O3. The van der Waals surface area contributed by atoms with Crippen molar-refractivity contribution in [2.24, 2.45) is 0 Å². The van der Waals surface area contributed by atoms with Gasteiger partial charge in [-0.25, -0.2) is 4.79 Å². The third kappa shape index (κ3) is 5.55. The summed E-state index contributed by atoms with van der Waals surface area (Å²) in [5.41, 5.74) is 1.34. The van der Waals surface area contributed by atoms with Crippen LogP contribution in [0.4, 0.5) is 4.79 Å². The minimum Gasteiger partial charge on any atom is -0.465 e. The van der Waals surface area contributed by atoms with Gasteiger partial charge in [0.05, 0.1) is 18.2 Å². The maximum Gasteiger partial charge on any atom is 0.325 e. The largest absolute Gasteiger partial charge is 0.465 e. The summed E-state index contributed by atoms with van der Waals surface area (Å²) in [4.78, 5) is 22.4. The van der Waals surface area contributed by atoms with Crippen LogP contribution in [0, 0.1) is 11.3 Å². The van der Waals surface area contributed by atoms with Gasteiger partial charge in [0.1, 0.15) is 6.54 Å². The number of nitrogens with zero attached hydrogens (tertiary/aromatic N) is 1. The lowest BCUT2D eigenvalue weighted by Gasteiger charge is -2.07. The number of urea groups is 1. The van der Waals surface area contributed by atoms with Crippen molar-refractivity contribution in [3.63, 3.8) is 0 Å². The number of esters is 1. The molecule has 2 amide bonds. The van der Waals surface area contributed by atoms with Crippen molar-refractivity contribution in [1.29, 1.82) is 5.26 Å². The monoisotopic (exact) mass is 261 g/mol. The molecule has 0 aliphatic heterocycles. The molecule has 1 rings (SSSR count). The van der Waals surface area contributed by atoms with Crippen molar-refractivity contribution in [1.82, 2.24) is 10.6 Å². The Morgan fingerprint density at radius 2 is 2.16 bits per heavy atom. The van der Waals surface area contributed by atoms with Crippen molar-refractivity contribution in [2.45, 2.75) is 13.5 Å². The van der Waals surface area contributed by atoms with Crippen molar-refractivity contribution >= 4 is 12.0 Å². The minimum absolute atomic E-state index is 0.169. The molecule has 0 aliphatic rings. The predicted molar refractivity (Wildman–Crippen MR) is 68.0 cm³/mol. The molecule has 19 heavy (non-hydrogen) atoms. The first-order valence-electron chi connectivity index (χ1n) is 5.82. The van der Waals surface area contributed by atoms with Gasteiger partial charge in [0.25, 0.3) is 0 Å². The van der Waals surface area contributed by atoms with Gasteiger partial charge in [-0.2, -0.15) is 5.26 Å². The molecule has 0 bridgehead atoms. The number of carbonyl (C=O) groups is 2. The highest BCUT2D eigenvalue weighted by Gasteiger charge is 2.05. The summed E-state index contributed by atoms with van der Waals surface area (Å²) in [5.74, 6) is -0.482. The van der Waals surface area contributed by atoms with E-state index in [1.807, 2.05) is 6.07 Å². The second-order valence-electron chi connectivity index (χ2n) is 3.65. The van der Waals surface area contributed by atoms with E-state index in [9.17, 15) is 9.59 Å². The van der Waals surface area contributed by atoms with Crippen LogP contribution >= 0.6 is 0 Å². The van der Waals surface area contributed by atoms with E-state index in [1.165, 1.54) is 0 Å². The van der Waals surface area contributed by atoms with Crippen LogP contribution in [0.2, 0.25) is 0 Å². The number of hydrogen-bond acceptors (Lipinski definition) is 4. The van der Waals surface area contributed by atoms with Gasteiger partial charge in [-0.15, -0.1) is 0 Å². The molecule has 6 heteroatoms.